The molecule has 0 spiro atoms. The first kappa shape index (κ1) is 13.8. The van der Waals surface area contributed by atoms with Crippen LogP contribution in [0.5, 0.6) is 0 Å². The fraction of sp³-hybridized carbons (Fsp3) is 0.533. The summed E-state index contributed by atoms with van der Waals surface area (Å²) in [4.78, 5) is 12.3. The van der Waals surface area contributed by atoms with Gasteiger partial charge in [0.15, 0.2) is 5.78 Å². The van der Waals surface area contributed by atoms with Crippen LogP contribution < -0.4 is 0 Å². The summed E-state index contributed by atoms with van der Waals surface area (Å²) in [6.07, 6.45) is 5.76. The first-order valence-electron chi connectivity index (χ1n) is 6.60. The van der Waals surface area contributed by atoms with Crippen LogP contribution in [0.3, 0.4) is 0 Å². The normalized spacial score (nSPS) is 19.2. The van der Waals surface area contributed by atoms with Crippen molar-refractivity contribution in [1.29, 1.82) is 0 Å². The minimum Gasteiger partial charge on any atom is -0.382 e. The van der Waals surface area contributed by atoms with Crippen LogP contribution >= 0.6 is 15.9 Å². The van der Waals surface area contributed by atoms with Crippen molar-refractivity contribution in [1.82, 2.24) is 0 Å². The second-order valence-electron chi connectivity index (χ2n) is 5.18. The van der Waals surface area contributed by atoms with Crippen LogP contribution in [0.4, 0.5) is 0 Å². The van der Waals surface area contributed by atoms with Gasteiger partial charge >= 0.3 is 0 Å². The molecular formula is C15H19BrO2. The lowest BCUT2D eigenvalue weighted by atomic mass is 9.86. The Kier molecular flexibility index (Phi) is 4.57. The van der Waals surface area contributed by atoms with E-state index < -0.39 is 5.60 Å². The van der Waals surface area contributed by atoms with Crippen molar-refractivity contribution in [2.45, 2.75) is 50.5 Å². The first-order chi connectivity index (χ1) is 8.60. The third-order valence-corrected chi connectivity index (χ3v) is 4.20. The van der Waals surface area contributed by atoms with Crippen LogP contribution in [0.15, 0.2) is 28.7 Å². The number of carbonyl (C=O) groups excluding carboxylic acids is 1. The average Bonchev–Trinajstić information content (AvgIpc) is 2.55. The molecule has 0 aromatic heterocycles. The standard InChI is InChI=1S/C15H19BrO2/c16-13-7-5-6-12(10-13)11-14(17)15(18)8-3-1-2-4-9-15/h5-7,10,18H,1-4,8-9,11H2. The molecule has 2 nitrogen and oxygen atoms in total. The lowest BCUT2D eigenvalue weighted by Crippen LogP contribution is -2.39. The lowest BCUT2D eigenvalue weighted by Gasteiger charge is -2.25. The van der Waals surface area contributed by atoms with Crippen molar-refractivity contribution in [2.24, 2.45) is 0 Å². The van der Waals surface area contributed by atoms with Crippen molar-refractivity contribution < 1.29 is 9.90 Å². The van der Waals surface area contributed by atoms with E-state index in [4.69, 9.17) is 0 Å². The molecule has 1 aromatic rings. The van der Waals surface area contributed by atoms with Gasteiger partial charge in [0.2, 0.25) is 0 Å². The van der Waals surface area contributed by atoms with Gasteiger partial charge in [-0.3, -0.25) is 4.79 Å². The maximum Gasteiger partial charge on any atom is 0.168 e. The summed E-state index contributed by atoms with van der Waals surface area (Å²) in [6, 6.07) is 7.73. The van der Waals surface area contributed by atoms with E-state index in [9.17, 15) is 9.90 Å². The molecule has 0 atom stereocenters. The Morgan fingerprint density at radius 1 is 1.22 bits per heavy atom. The minimum absolute atomic E-state index is 0.0255. The molecule has 0 bridgehead atoms. The summed E-state index contributed by atoms with van der Waals surface area (Å²) in [5.74, 6) is -0.0255. The molecule has 1 saturated carbocycles. The van der Waals surface area contributed by atoms with Crippen LogP contribution in [0.2, 0.25) is 0 Å². The van der Waals surface area contributed by atoms with E-state index in [0.29, 0.717) is 19.3 Å². The molecule has 0 saturated heterocycles. The Bertz CT molecular complexity index is 420. The average molecular weight is 311 g/mol. The predicted octanol–water partition coefficient (Wildman–Crippen LogP) is 3.65. The summed E-state index contributed by atoms with van der Waals surface area (Å²) in [5, 5.41) is 10.5. The predicted molar refractivity (Wildman–Crippen MR) is 75.5 cm³/mol. The monoisotopic (exact) mass is 310 g/mol. The molecule has 0 unspecified atom stereocenters. The van der Waals surface area contributed by atoms with Gasteiger partial charge in [-0.1, -0.05) is 53.7 Å². The zero-order valence-electron chi connectivity index (χ0n) is 10.5. The van der Waals surface area contributed by atoms with Crippen LogP contribution in [-0.2, 0) is 11.2 Å². The minimum atomic E-state index is -1.08. The Morgan fingerprint density at radius 3 is 2.50 bits per heavy atom. The van der Waals surface area contributed by atoms with E-state index >= 15 is 0 Å². The van der Waals surface area contributed by atoms with E-state index in [1.54, 1.807) is 0 Å². The van der Waals surface area contributed by atoms with Gasteiger partial charge in [-0.2, -0.15) is 0 Å². The second-order valence-corrected chi connectivity index (χ2v) is 6.09. The van der Waals surface area contributed by atoms with Gasteiger partial charge in [0.05, 0.1) is 0 Å². The maximum absolute atomic E-state index is 12.3. The molecule has 0 heterocycles. The van der Waals surface area contributed by atoms with Crippen LogP contribution in [0, 0.1) is 0 Å². The fourth-order valence-corrected chi connectivity index (χ4v) is 3.04. The fourth-order valence-electron chi connectivity index (χ4n) is 2.59. The molecule has 18 heavy (non-hydrogen) atoms. The van der Waals surface area contributed by atoms with Gasteiger partial charge in [0, 0.05) is 10.9 Å². The van der Waals surface area contributed by atoms with Crippen molar-refractivity contribution in [2.75, 3.05) is 0 Å². The highest BCUT2D eigenvalue weighted by molar-refractivity contribution is 9.10. The van der Waals surface area contributed by atoms with Gasteiger partial charge in [0.1, 0.15) is 5.60 Å². The smallest absolute Gasteiger partial charge is 0.168 e. The zero-order valence-corrected chi connectivity index (χ0v) is 12.1. The number of Topliss-reactive ketones (excluding diaryl/α,β-unsaturated/α-hetero) is 1. The SMILES string of the molecule is O=C(Cc1cccc(Br)c1)C1(O)CCCCCC1. The van der Waals surface area contributed by atoms with Crippen molar-refractivity contribution in [3.8, 4) is 0 Å². The van der Waals surface area contributed by atoms with Crippen molar-refractivity contribution in [3.05, 3.63) is 34.3 Å². The number of rotatable bonds is 3. The molecule has 0 aliphatic heterocycles. The summed E-state index contributed by atoms with van der Waals surface area (Å²) in [5.41, 5.74) is -0.120. The van der Waals surface area contributed by atoms with Crippen molar-refractivity contribution in [3.63, 3.8) is 0 Å². The maximum atomic E-state index is 12.3. The molecule has 0 radical (unpaired) electrons. The highest BCUT2D eigenvalue weighted by Crippen LogP contribution is 2.29. The Labute approximate surface area is 117 Å². The number of ketones is 1. The molecule has 2 rings (SSSR count). The zero-order chi connectivity index (χ0) is 13.0. The van der Waals surface area contributed by atoms with E-state index in [2.05, 4.69) is 15.9 Å². The van der Waals surface area contributed by atoms with E-state index in [0.717, 1.165) is 35.7 Å². The molecule has 98 valence electrons. The molecular weight excluding hydrogens is 292 g/mol. The molecule has 1 N–H and O–H groups in total. The quantitative estimate of drug-likeness (QED) is 0.865. The number of carbonyl (C=O) groups is 1. The number of benzene rings is 1. The second kappa shape index (κ2) is 5.98. The summed E-state index contributed by atoms with van der Waals surface area (Å²) in [6.45, 7) is 0. The molecule has 3 heteroatoms. The molecule has 1 aromatic carbocycles. The summed E-state index contributed by atoms with van der Waals surface area (Å²) < 4.78 is 0.973. The van der Waals surface area contributed by atoms with Gasteiger partial charge in [-0.05, 0) is 30.5 Å². The Morgan fingerprint density at radius 2 is 1.89 bits per heavy atom. The number of halogens is 1. The van der Waals surface area contributed by atoms with Crippen LogP contribution in [0.1, 0.15) is 44.1 Å². The van der Waals surface area contributed by atoms with E-state index in [1.165, 1.54) is 0 Å². The molecule has 0 amide bonds. The Hall–Kier alpha value is -0.670. The van der Waals surface area contributed by atoms with Crippen LogP contribution in [-0.4, -0.2) is 16.5 Å². The lowest BCUT2D eigenvalue weighted by molar-refractivity contribution is -0.138. The third-order valence-electron chi connectivity index (χ3n) is 3.70. The largest absolute Gasteiger partial charge is 0.382 e. The highest BCUT2D eigenvalue weighted by Gasteiger charge is 2.35. The summed E-state index contributed by atoms with van der Waals surface area (Å²) >= 11 is 3.40. The topological polar surface area (TPSA) is 37.3 Å². The van der Waals surface area contributed by atoms with Gasteiger partial charge < -0.3 is 5.11 Å². The van der Waals surface area contributed by atoms with E-state index in [-0.39, 0.29) is 5.78 Å². The number of aliphatic hydroxyl groups is 1. The van der Waals surface area contributed by atoms with Crippen molar-refractivity contribution >= 4 is 21.7 Å². The highest BCUT2D eigenvalue weighted by atomic mass is 79.9. The number of hydrogen-bond acceptors (Lipinski definition) is 2. The number of hydrogen-bond donors (Lipinski definition) is 1. The van der Waals surface area contributed by atoms with Gasteiger partial charge in [0.25, 0.3) is 0 Å². The first-order valence-corrected chi connectivity index (χ1v) is 7.40. The van der Waals surface area contributed by atoms with Gasteiger partial charge in [-0.25, -0.2) is 0 Å². The third kappa shape index (κ3) is 3.42. The van der Waals surface area contributed by atoms with Crippen LogP contribution in [0.25, 0.3) is 0 Å². The molecule has 1 aliphatic rings. The summed E-state index contributed by atoms with van der Waals surface area (Å²) in [7, 11) is 0. The van der Waals surface area contributed by atoms with Gasteiger partial charge in [-0.15, -0.1) is 0 Å². The van der Waals surface area contributed by atoms with E-state index in [1.807, 2.05) is 24.3 Å². The molecule has 1 aliphatic carbocycles. The Balaban J connectivity index is 2.06. The molecule has 1 fully saturated rings.